The number of hydrogen-bond donors (Lipinski definition) is 0. The van der Waals surface area contributed by atoms with E-state index >= 15 is 0 Å². The molecule has 2 aliphatic rings. The number of nitrogens with zero attached hydrogens (tertiary/aromatic N) is 5. The van der Waals surface area contributed by atoms with Crippen molar-refractivity contribution in [1.82, 2.24) is 24.2 Å². The van der Waals surface area contributed by atoms with Gasteiger partial charge in [0.25, 0.3) is 0 Å². The summed E-state index contributed by atoms with van der Waals surface area (Å²) in [6.45, 7) is 3.35. The highest BCUT2D eigenvalue weighted by molar-refractivity contribution is 5.17. The maximum absolute atomic E-state index is 13.1. The molecule has 1 aromatic carbocycles. The zero-order valence-electron chi connectivity index (χ0n) is 16.5. The van der Waals surface area contributed by atoms with E-state index in [0.717, 1.165) is 31.6 Å². The predicted octanol–water partition coefficient (Wildman–Crippen LogP) is 1.44. The van der Waals surface area contributed by atoms with Gasteiger partial charge in [0.1, 0.15) is 11.6 Å². The minimum atomic E-state index is -0.633. The van der Waals surface area contributed by atoms with E-state index in [1.165, 1.54) is 22.4 Å². The van der Waals surface area contributed by atoms with Gasteiger partial charge in [-0.1, -0.05) is 12.1 Å². The van der Waals surface area contributed by atoms with Crippen LogP contribution >= 0.6 is 0 Å². The van der Waals surface area contributed by atoms with Crippen LogP contribution in [0.5, 0.6) is 0 Å². The van der Waals surface area contributed by atoms with Gasteiger partial charge in [0.2, 0.25) is 0 Å². The van der Waals surface area contributed by atoms with Crippen LogP contribution in [0.2, 0.25) is 0 Å². The van der Waals surface area contributed by atoms with E-state index in [1.54, 1.807) is 29.1 Å². The Morgan fingerprint density at radius 2 is 1.67 bits per heavy atom. The highest BCUT2D eigenvalue weighted by Gasteiger charge is 2.44. The van der Waals surface area contributed by atoms with Crippen LogP contribution in [0.3, 0.4) is 0 Å². The number of rotatable bonds is 4. The smallest absolute Gasteiger partial charge is 0.298 e. The lowest BCUT2D eigenvalue weighted by Crippen LogP contribution is -2.43. The lowest BCUT2D eigenvalue weighted by Gasteiger charge is -2.22. The normalized spacial score (nSPS) is 20.7. The Morgan fingerprint density at radius 1 is 0.933 bits per heavy atom. The Kier molecular flexibility index (Phi) is 4.58. The quantitative estimate of drug-likeness (QED) is 0.612. The van der Waals surface area contributed by atoms with Gasteiger partial charge in [-0.15, -0.1) is 0 Å². The fourth-order valence-corrected chi connectivity index (χ4v) is 4.65. The van der Waals surface area contributed by atoms with E-state index < -0.39 is 11.1 Å². The molecule has 2 aromatic heterocycles. The van der Waals surface area contributed by atoms with Crippen LogP contribution in [0, 0.1) is 11.2 Å². The van der Waals surface area contributed by atoms with Gasteiger partial charge in [0.05, 0.1) is 6.54 Å². The number of aromatic nitrogens is 4. The van der Waals surface area contributed by atoms with E-state index in [-0.39, 0.29) is 17.8 Å². The summed E-state index contributed by atoms with van der Waals surface area (Å²) in [7, 11) is 0. The Bertz CT molecular complexity index is 1190. The first-order valence-corrected chi connectivity index (χ1v) is 10.1. The molecule has 30 heavy (non-hydrogen) atoms. The summed E-state index contributed by atoms with van der Waals surface area (Å²) < 4.78 is 15.9. The fraction of sp³-hybridized carbons (Fsp3) is 0.364. The van der Waals surface area contributed by atoms with Crippen LogP contribution < -0.4 is 11.1 Å². The highest BCUT2D eigenvalue weighted by atomic mass is 19.1. The summed E-state index contributed by atoms with van der Waals surface area (Å²) in [6.07, 6.45) is 5.24. The molecular formula is C22H22FN5O2. The van der Waals surface area contributed by atoms with E-state index in [4.69, 9.17) is 0 Å². The number of hydrogen-bond acceptors (Lipinski definition) is 5. The lowest BCUT2D eigenvalue weighted by molar-refractivity contribution is 0.246. The fourth-order valence-electron chi connectivity index (χ4n) is 4.65. The average molecular weight is 407 g/mol. The van der Waals surface area contributed by atoms with Crippen molar-refractivity contribution < 1.29 is 4.39 Å². The molecule has 4 heterocycles. The molecule has 0 N–H and O–H groups in total. The summed E-state index contributed by atoms with van der Waals surface area (Å²) in [4.78, 5) is 31.8. The Hall–Kier alpha value is -3.13. The van der Waals surface area contributed by atoms with Gasteiger partial charge >= 0.3 is 11.1 Å². The predicted molar refractivity (Wildman–Crippen MR) is 109 cm³/mol. The van der Waals surface area contributed by atoms with Crippen molar-refractivity contribution in [3.63, 3.8) is 0 Å². The van der Waals surface area contributed by atoms with Crippen molar-refractivity contribution in [3.05, 3.63) is 92.3 Å². The standard InChI is InChI=1S/C22H22FN5O2/c23-18-3-1-16(2-4-18)13-28-21(30)20(29)27-15-22(11-19(27)25-28)7-10-26(14-22)12-17-5-8-24-9-6-17/h1-6,8-9H,7,10-15H2/t22-/m0/s1. The molecule has 1 spiro atoms. The van der Waals surface area contributed by atoms with Gasteiger partial charge in [-0.25, -0.2) is 9.07 Å². The molecule has 1 saturated heterocycles. The molecule has 0 radical (unpaired) electrons. The number of halogens is 1. The molecule has 8 heteroatoms. The van der Waals surface area contributed by atoms with Crippen LogP contribution in [-0.2, 0) is 26.1 Å². The summed E-state index contributed by atoms with van der Waals surface area (Å²) in [5.41, 5.74) is 0.728. The molecule has 0 aliphatic carbocycles. The topological polar surface area (TPSA) is 73.0 Å². The van der Waals surface area contributed by atoms with E-state index in [1.807, 2.05) is 12.1 Å². The van der Waals surface area contributed by atoms with Gasteiger partial charge < -0.3 is 0 Å². The van der Waals surface area contributed by atoms with E-state index in [0.29, 0.717) is 18.8 Å². The minimum Gasteiger partial charge on any atom is -0.298 e. The SMILES string of the molecule is O=c1c(=O)n2c(nn1Cc1ccc(F)cc1)C[C@]1(CCN(Cc3ccncc3)C1)C2. The van der Waals surface area contributed by atoms with Crippen LogP contribution in [0.15, 0.2) is 58.4 Å². The second kappa shape index (κ2) is 7.28. The minimum absolute atomic E-state index is 0.0618. The molecule has 0 saturated carbocycles. The summed E-state index contributed by atoms with van der Waals surface area (Å²) in [5, 5.41) is 4.51. The van der Waals surface area contributed by atoms with Crippen LogP contribution in [0.4, 0.5) is 4.39 Å². The van der Waals surface area contributed by atoms with Gasteiger partial charge in [-0.05, 0) is 48.4 Å². The molecular weight excluding hydrogens is 385 g/mol. The van der Waals surface area contributed by atoms with Gasteiger partial charge in [-0.3, -0.25) is 24.0 Å². The largest absolute Gasteiger partial charge is 0.332 e. The lowest BCUT2D eigenvalue weighted by atomic mass is 9.86. The van der Waals surface area contributed by atoms with Crippen molar-refractivity contribution >= 4 is 0 Å². The first-order chi connectivity index (χ1) is 14.5. The molecule has 1 fully saturated rings. The van der Waals surface area contributed by atoms with E-state index in [9.17, 15) is 14.0 Å². The van der Waals surface area contributed by atoms with Crippen molar-refractivity contribution in [1.29, 1.82) is 0 Å². The zero-order valence-corrected chi connectivity index (χ0v) is 16.5. The van der Waals surface area contributed by atoms with E-state index in [2.05, 4.69) is 15.0 Å². The van der Waals surface area contributed by atoms with Crippen LogP contribution in [0.1, 0.15) is 23.4 Å². The zero-order chi connectivity index (χ0) is 20.7. The monoisotopic (exact) mass is 407 g/mol. The third-order valence-corrected chi connectivity index (χ3v) is 6.16. The number of benzene rings is 1. The summed E-state index contributed by atoms with van der Waals surface area (Å²) in [6, 6.07) is 9.91. The maximum Gasteiger partial charge on any atom is 0.332 e. The molecule has 0 unspecified atom stereocenters. The van der Waals surface area contributed by atoms with Crippen molar-refractivity contribution in [2.24, 2.45) is 5.41 Å². The first-order valence-electron chi connectivity index (χ1n) is 10.1. The molecule has 5 rings (SSSR count). The van der Waals surface area contributed by atoms with Gasteiger partial charge in [-0.2, -0.15) is 5.10 Å². The first kappa shape index (κ1) is 18.9. The highest BCUT2D eigenvalue weighted by Crippen LogP contribution is 2.39. The molecule has 3 aromatic rings. The van der Waals surface area contributed by atoms with Crippen LogP contribution in [0.25, 0.3) is 0 Å². The average Bonchev–Trinajstić information content (AvgIpc) is 3.31. The summed E-state index contributed by atoms with van der Waals surface area (Å²) in [5.74, 6) is 0.319. The summed E-state index contributed by atoms with van der Waals surface area (Å²) >= 11 is 0. The maximum atomic E-state index is 13.1. The van der Waals surface area contributed by atoms with Crippen molar-refractivity contribution in [2.45, 2.75) is 32.5 Å². The number of likely N-dealkylation sites (tertiary alicyclic amines) is 1. The van der Waals surface area contributed by atoms with Gasteiger partial charge in [0, 0.05) is 43.9 Å². The molecule has 1 atom stereocenters. The third-order valence-electron chi connectivity index (χ3n) is 6.16. The van der Waals surface area contributed by atoms with Gasteiger partial charge in [0.15, 0.2) is 0 Å². The second-order valence-electron chi connectivity index (χ2n) is 8.39. The third kappa shape index (κ3) is 3.47. The number of fused-ring (bicyclic) bond motifs is 1. The Labute approximate surface area is 172 Å². The second-order valence-corrected chi connectivity index (χ2v) is 8.39. The molecule has 154 valence electrons. The molecule has 2 aliphatic heterocycles. The van der Waals surface area contributed by atoms with Crippen LogP contribution in [-0.4, -0.2) is 37.3 Å². The number of pyridine rings is 1. The van der Waals surface area contributed by atoms with Crippen molar-refractivity contribution in [2.75, 3.05) is 13.1 Å². The molecule has 0 bridgehead atoms. The van der Waals surface area contributed by atoms with Crippen molar-refractivity contribution in [3.8, 4) is 0 Å². The Morgan fingerprint density at radius 3 is 2.43 bits per heavy atom. The molecule has 0 amide bonds. The molecule has 7 nitrogen and oxygen atoms in total. The Balaban J connectivity index is 1.36.